The van der Waals surface area contributed by atoms with E-state index in [1.165, 1.54) is 36.0 Å². The largest absolute Gasteiger partial charge is 0.484 e. The zero-order chi connectivity index (χ0) is 14.9. The van der Waals surface area contributed by atoms with Gasteiger partial charge in [0.1, 0.15) is 11.9 Å². The van der Waals surface area contributed by atoms with Gasteiger partial charge in [-0.2, -0.15) is 0 Å². The van der Waals surface area contributed by atoms with Gasteiger partial charge in [-0.3, -0.25) is 0 Å². The summed E-state index contributed by atoms with van der Waals surface area (Å²) in [6.07, 6.45) is 5.18. The smallest absolute Gasteiger partial charge is 0.140 e. The maximum Gasteiger partial charge on any atom is 0.140 e. The lowest BCUT2D eigenvalue weighted by Gasteiger charge is -2.32. The number of hydrogen-bond donors (Lipinski definition) is 1. The molecule has 4 rings (SSSR count). The van der Waals surface area contributed by atoms with Gasteiger partial charge in [0.15, 0.2) is 0 Å². The molecule has 2 aliphatic carbocycles. The Morgan fingerprint density at radius 1 is 1.00 bits per heavy atom. The highest BCUT2D eigenvalue weighted by Gasteiger charge is 2.36. The normalized spacial score (nSPS) is 23.9. The summed E-state index contributed by atoms with van der Waals surface area (Å²) in [6.45, 7) is 2.11. The average Bonchev–Trinajstić information content (AvgIpc) is 2.83. The van der Waals surface area contributed by atoms with E-state index in [4.69, 9.17) is 4.74 Å². The Labute approximate surface area is 132 Å². The molecule has 1 saturated carbocycles. The Bertz CT molecular complexity index is 645. The number of aryl methyl sites for hydroxylation is 1. The predicted molar refractivity (Wildman–Crippen MR) is 89.3 cm³/mol. The molecule has 1 unspecified atom stereocenters. The van der Waals surface area contributed by atoms with Crippen molar-refractivity contribution in [3.05, 3.63) is 65.2 Å². The monoisotopic (exact) mass is 293 g/mol. The maximum absolute atomic E-state index is 6.38. The van der Waals surface area contributed by atoms with Gasteiger partial charge in [0.2, 0.25) is 0 Å². The quantitative estimate of drug-likeness (QED) is 0.913. The summed E-state index contributed by atoms with van der Waals surface area (Å²) in [5, 5.41) is 3.82. The number of hydrogen-bond acceptors (Lipinski definition) is 2. The molecule has 114 valence electrons. The first-order chi connectivity index (χ1) is 10.8. The molecule has 2 heteroatoms. The van der Waals surface area contributed by atoms with Gasteiger partial charge in [-0.05, 0) is 49.4 Å². The van der Waals surface area contributed by atoms with Crippen molar-refractivity contribution in [2.45, 2.75) is 50.8 Å². The van der Waals surface area contributed by atoms with Crippen LogP contribution in [-0.2, 0) is 6.42 Å². The number of rotatable bonds is 4. The van der Waals surface area contributed by atoms with Crippen LogP contribution in [0.4, 0.5) is 0 Å². The second-order valence-corrected chi connectivity index (χ2v) is 6.66. The van der Waals surface area contributed by atoms with E-state index >= 15 is 0 Å². The first-order valence-corrected chi connectivity index (χ1v) is 8.37. The molecule has 2 aromatic carbocycles. The van der Waals surface area contributed by atoms with Crippen molar-refractivity contribution in [2.75, 3.05) is 0 Å². The van der Waals surface area contributed by atoms with Gasteiger partial charge in [-0.1, -0.05) is 48.4 Å². The van der Waals surface area contributed by atoms with Crippen LogP contribution >= 0.6 is 0 Å². The summed E-state index contributed by atoms with van der Waals surface area (Å²) in [5.41, 5.74) is 4.04. The highest BCUT2D eigenvalue weighted by Crippen LogP contribution is 2.36. The second-order valence-electron chi connectivity index (χ2n) is 6.66. The average molecular weight is 293 g/mol. The second kappa shape index (κ2) is 5.77. The van der Waals surface area contributed by atoms with Crippen molar-refractivity contribution >= 4 is 0 Å². The van der Waals surface area contributed by atoms with Crippen LogP contribution in [0.25, 0.3) is 0 Å². The first-order valence-electron chi connectivity index (χ1n) is 8.37. The maximum atomic E-state index is 6.38. The molecule has 0 heterocycles. The van der Waals surface area contributed by atoms with Crippen LogP contribution in [0.1, 0.15) is 42.1 Å². The van der Waals surface area contributed by atoms with E-state index in [0.29, 0.717) is 12.1 Å². The summed E-state index contributed by atoms with van der Waals surface area (Å²) in [5.74, 6) is 0.965. The molecule has 0 amide bonds. The lowest BCUT2D eigenvalue weighted by atomic mass is 9.92. The van der Waals surface area contributed by atoms with Gasteiger partial charge in [0.25, 0.3) is 0 Å². The SMILES string of the molecule is Cc1ccc(OC2c3ccccc3C[C@H]2NC2CCC2)cc1. The minimum Gasteiger partial charge on any atom is -0.484 e. The van der Waals surface area contributed by atoms with Crippen molar-refractivity contribution in [1.29, 1.82) is 0 Å². The topological polar surface area (TPSA) is 21.3 Å². The van der Waals surface area contributed by atoms with E-state index in [1.54, 1.807) is 0 Å². The summed E-state index contributed by atoms with van der Waals surface area (Å²) in [4.78, 5) is 0. The molecule has 2 atom stereocenters. The summed E-state index contributed by atoms with van der Waals surface area (Å²) >= 11 is 0. The zero-order valence-corrected chi connectivity index (χ0v) is 13.1. The van der Waals surface area contributed by atoms with Crippen LogP contribution in [0.5, 0.6) is 5.75 Å². The molecule has 0 aromatic heterocycles. The van der Waals surface area contributed by atoms with E-state index < -0.39 is 0 Å². The molecule has 0 spiro atoms. The minimum absolute atomic E-state index is 0.125. The Kier molecular flexibility index (Phi) is 3.63. The van der Waals surface area contributed by atoms with Crippen LogP contribution < -0.4 is 10.1 Å². The first kappa shape index (κ1) is 13.8. The third-order valence-electron chi connectivity index (χ3n) is 5.01. The third kappa shape index (κ3) is 2.64. The fraction of sp³-hybridized carbons (Fsp3) is 0.400. The van der Waals surface area contributed by atoms with E-state index in [1.807, 2.05) is 0 Å². The Morgan fingerprint density at radius 3 is 2.50 bits per heavy atom. The van der Waals surface area contributed by atoms with E-state index in [9.17, 15) is 0 Å². The Hall–Kier alpha value is -1.80. The molecule has 22 heavy (non-hydrogen) atoms. The van der Waals surface area contributed by atoms with E-state index in [2.05, 4.69) is 60.8 Å². The molecule has 0 radical (unpaired) electrons. The molecule has 0 bridgehead atoms. The lowest BCUT2D eigenvalue weighted by molar-refractivity contribution is 0.147. The van der Waals surface area contributed by atoms with Gasteiger partial charge in [0, 0.05) is 6.04 Å². The fourth-order valence-electron chi connectivity index (χ4n) is 3.49. The third-order valence-corrected chi connectivity index (χ3v) is 5.01. The van der Waals surface area contributed by atoms with Crippen LogP contribution in [0, 0.1) is 6.92 Å². The molecule has 0 aliphatic heterocycles. The molecular weight excluding hydrogens is 270 g/mol. The van der Waals surface area contributed by atoms with Crippen LogP contribution in [0.2, 0.25) is 0 Å². The van der Waals surface area contributed by atoms with Gasteiger partial charge >= 0.3 is 0 Å². The van der Waals surface area contributed by atoms with E-state index in [0.717, 1.165) is 12.2 Å². The molecule has 1 fully saturated rings. The van der Waals surface area contributed by atoms with Crippen molar-refractivity contribution in [3.8, 4) is 5.75 Å². The zero-order valence-electron chi connectivity index (χ0n) is 13.1. The van der Waals surface area contributed by atoms with Crippen molar-refractivity contribution in [3.63, 3.8) is 0 Å². The molecular formula is C20H23NO. The highest BCUT2D eigenvalue weighted by atomic mass is 16.5. The number of ether oxygens (including phenoxy) is 1. The standard InChI is InChI=1S/C20H23NO/c1-14-9-11-17(12-10-14)22-20-18-8-3-2-5-15(18)13-19(20)21-16-6-4-7-16/h2-3,5,8-12,16,19-21H,4,6-7,13H2,1H3/t19-,20?/m1/s1. The Balaban J connectivity index is 1.58. The lowest BCUT2D eigenvalue weighted by Crippen LogP contribution is -2.45. The Morgan fingerprint density at radius 2 is 1.77 bits per heavy atom. The van der Waals surface area contributed by atoms with Crippen molar-refractivity contribution < 1.29 is 4.74 Å². The molecule has 2 aromatic rings. The van der Waals surface area contributed by atoms with Crippen LogP contribution in [-0.4, -0.2) is 12.1 Å². The molecule has 2 nitrogen and oxygen atoms in total. The van der Waals surface area contributed by atoms with Gasteiger partial charge < -0.3 is 10.1 Å². The summed E-state index contributed by atoms with van der Waals surface area (Å²) in [6, 6.07) is 18.2. The van der Waals surface area contributed by atoms with E-state index in [-0.39, 0.29) is 6.10 Å². The fourth-order valence-corrected chi connectivity index (χ4v) is 3.49. The van der Waals surface area contributed by atoms with Crippen molar-refractivity contribution in [2.24, 2.45) is 0 Å². The van der Waals surface area contributed by atoms with Gasteiger partial charge in [-0.25, -0.2) is 0 Å². The molecule has 2 aliphatic rings. The van der Waals surface area contributed by atoms with Crippen LogP contribution in [0.15, 0.2) is 48.5 Å². The van der Waals surface area contributed by atoms with Crippen molar-refractivity contribution in [1.82, 2.24) is 5.32 Å². The number of benzene rings is 2. The summed E-state index contributed by atoms with van der Waals surface area (Å²) < 4.78 is 6.38. The van der Waals surface area contributed by atoms with Gasteiger partial charge in [0.05, 0.1) is 6.04 Å². The predicted octanol–water partition coefficient (Wildman–Crippen LogP) is 4.18. The number of fused-ring (bicyclic) bond motifs is 1. The molecule has 1 N–H and O–H groups in total. The minimum atomic E-state index is 0.125. The van der Waals surface area contributed by atoms with Gasteiger partial charge in [-0.15, -0.1) is 0 Å². The molecule has 0 saturated heterocycles. The summed E-state index contributed by atoms with van der Waals surface area (Å²) in [7, 11) is 0. The highest BCUT2D eigenvalue weighted by molar-refractivity contribution is 5.38. The van der Waals surface area contributed by atoms with Crippen LogP contribution in [0.3, 0.4) is 0 Å². The number of nitrogens with one attached hydrogen (secondary N) is 1.